The van der Waals surface area contributed by atoms with Crippen LogP contribution in [0.2, 0.25) is 0 Å². The number of methoxy groups -OCH3 is 1. The van der Waals surface area contributed by atoms with E-state index in [0.29, 0.717) is 31.7 Å². The van der Waals surface area contributed by atoms with Crippen molar-refractivity contribution in [2.45, 2.75) is 45.1 Å². The SMILES string of the molecule is COCCN1C(=O)CC[C@]2(CNC(=O)c3ccc(C)nc3)CCC[C@@H]12. The van der Waals surface area contributed by atoms with Crippen molar-refractivity contribution in [1.82, 2.24) is 15.2 Å². The number of aryl methyl sites for hydroxylation is 1. The first-order chi connectivity index (χ1) is 12.1. The van der Waals surface area contributed by atoms with Crippen molar-refractivity contribution in [3.05, 3.63) is 29.6 Å². The van der Waals surface area contributed by atoms with Crippen LogP contribution in [0.25, 0.3) is 0 Å². The molecule has 0 unspecified atom stereocenters. The maximum Gasteiger partial charge on any atom is 0.252 e. The Kier molecular flexibility index (Phi) is 5.37. The summed E-state index contributed by atoms with van der Waals surface area (Å²) < 4.78 is 5.17. The number of pyridine rings is 1. The van der Waals surface area contributed by atoms with E-state index in [0.717, 1.165) is 31.4 Å². The Morgan fingerprint density at radius 3 is 3.00 bits per heavy atom. The predicted molar refractivity (Wildman–Crippen MR) is 94.2 cm³/mol. The molecule has 1 aliphatic carbocycles. The van der Waals surface area contributed by atoms with E-state index in [9.17, 15) is 9.59 Å². The topological polar surface area (TPSA) is 71.5 Å². The lowest BCUT2D eigenvalue weighted by atomic mass is 9.74. The van der Waals surface area contributed by atoms with Crippen molar-refractivity contribution in [1.29, 1.82) is 0 Å². The molecule has 1 saturated heterocycles. The van der Waals surface area contributed by atoms with Crippen molar-refractivity contribution < 1.29 is 14.3 Å². The molecule has 0 bridgehead atoms. The van der Waals surface area contributed by atoms with E-state index in [4.69, 9.17) is 4.74 Å². The minimum Gasteiger partial charge on any atom is -0.383 e. The molecule has 1 saturated carbocycles. The Bertz CT molecular complexity index is 631. The highest BCUT2D eigenvalue weighted by atomic mass is 16.5. The summed E-state index contributed by atoms with van der Waals surface area (Å²) in [6.07, 6.45) is 6.19. The minimum atomic E-state index is -0.0899. The molecule has 0 radical (unpaired) electrons. The second-order valence-corrected chi connectivity index (χ2v) is 7.22. The van der Waals surface area contributed by atoms with Gasteiger partial charge in [0.2, 0.25) is 5.91 Å². The summed E-state index contributed by atoms with van der Waals surface area (Å²) in [6.45, 7) is 3.70. The number of ether oxygens (including phenoxy) is 1. The number of aromatic nitrogens is 1. The van der Waals surface area contributed by atoms with Crippen LogP contribution in [0.4, 0.5) is 0 Å². The maximum absolute atomic E-state index is 12.5. The summed E-state index contributed by atoms with van der Waals surface area (Å²) in [4.78, 5) is 31.0. The summed E-state index contributed by atoms with van der Waals surface area (Å²) in [6, 6.07) is 3.86. The van der Waals surface area contributed by atoms with Gasteiger partial charge >= 0.3 is 0 Å². The lowest BCUT2D eigenvalue weighted by Crippen LogP contribution is -2.56. The predicted octanol–water partition coefficient (Wildman–Crippen LogP) is 1.93. The molecule has 2 fully saturated rings. The lowest BCUT2D eigenvalue weighted by Gasteiger charge is -2.46. The summed E-state index contributed by atoms with van der Waals surface area (Å²) in [5, 5.41) is 3.09. The second-order valence-electron chi connectivity index (χ2n) is 7.22. The first kappa shape index (κ1) is 17.9. The number of amides is 2. The van der Waals surface area contributed by atoms with Crippen LogP contribution < -0.4 is 5.32 Å². The van der Waals surface area contributed by atoms with Crippen LogP contribution in [0, 0.1) is 12.3 Å². The zero-order chi connectivity index (χ0) is 17.9. The molecule has 0 aromatic carbocycles. The average Bonchev–Trinajstić information content (AvgIpc) is 3.04. The summed E-state index contributed by atoms with van der Waals surface area (Å²) in [7, 11) is 1.66. The first-order valence-electron chi connectivity index (χ1n) is 9.05. The van der Waals surface area contributed by atoms with Crippen molar-refractivity contribution in [2.75, 3.05) is 26.8 Å². The van der Waals surface area contributed by atoms with Gasteiger partial charge in [-0.3, -0.25) is 14.6 Å². The molecule has 6 heteroatoms. The molecule has 2 atom stereocenters. The molecule has 3 rings (SSSR count). The molecule has 1 aromatic rings. The van der Waals surface area contributed by atoms with Crippen molar-refractivity contribution in [2.24, 2.45) is 5.41 Å². The smallest absolute Gasteiger partial charge is 0.252 e. The van der Waals surface area contributed by atoms with E-state index in [1.807, 2.05) is 17.9 Å². The highest BCUT2D eigenvalue weighted by Crippen LogP contribution is 2.47. The van der Waals surface area contributed by atoms with Gasteiger partial charge in [-0.2, -0.15) is 0 Å². The summed E-state index contributed by atoms with van der Waals surface area (Å²) in [5.74, 6) is 0.126. The molecule has 2 aliphatic rings. The monoisotopic (exact) mass is 345 g/mol. The molecule has 1 N–H and O–H groups in total. The largest absolute Gasteiger partial charge is 0.383 e. The van der Waals surface area contributed by atoms with E-state index in [2.05, 4.69) is 10.3 Å². The molecule has 6 nitrogen and oxygen atoms in total. The second kappa shape index (κ2) is 7.52. The van der Waals surface area contributed by atoms with Gasteiger partial charge in [0, 0.05) is 50.0 Å². The fourth-order valence-electron chi connectivity index (χ4n) is 4.30. The Morgan fingerprint density at radius 2 is 2.28 bits per heavy atom. The number of carbonyl (C=O) groups excluding carboxylic acids is 2. The van der Waals surface area contributed by atoms with Crippen LogP contribution in [-0.4, -0.2) is 54.5 Å². The van der Waals surface area contributed by atoms with Gasteiger partial charge in [-0.05, 0) is 38.3 Å². The summed E-state index contributed by atoms with van der Waals surface area (Å²) in [5.41, 5.74) is 1.47. The quantitative estimate of drug-likeness (QED) is 0.855. The van der Waals surface area contributed by atoms with E-state index in [-0.39, 0.29) is 23.3 Å². The molecular formula is C19H27N3O3. The van der Waals surface area contributed by atoms with Crippen LogP contribution in [0.1, 0.15) is 48.2 Å². The highest BCUT2D eigenvalue weighted by Gasteiger charge is 2.50. The Balaban J connectivity index is 1.68. The molecule has 2 amide bonds. The summed E-state index contributed by atoms with van der Waals surface area (Å²) >= 11 is 0. The zero-order valence-corrected chi connectivity index (χ0v) is 15.1. The van der Waals surface area contributed by atoms with Crippen molar-refractivity contribution >= 4 is 11.8 Å². The standard InChI is InChI=1S/C19H27N3O3/c1-14-5-6-15(12-20-14)18(24)21-13-19-8-3-4-16(19)22(10-11-25-2)17(23)7-9-19/h5-6,12,16H,3-4,7-11,13H2,1-2H3,(H,21,24)/t16-,19+/m1/s1. The van der Waals surface area contributed by atoms with Gasteiger partial charge in [0.1, 0.15) is 0 Å². The average molecular weight is 345 g/mol. The van der Waals surface area contributed by atoms with E-state index >= 15 is 0 Å². The molecule has 1 aliphatic heterocycles. The number of hydrogen-bond acceptors (Lipinski definition) is 4. The lowest BCUT2D eigenvalue weighted by molar-refractivity contribution is -0.142. The number of carbonyl (C=O) groups is 2. The Hall–Kier alpha value is -1.95. The van der Waals surface area contributed by atoms with Gasteiger partial charge in [-0.25, -0.2) is 0 Å². The third-order valence-corrected chi connectivity index (χ3v) is 5.70. The van der Waals surface area contributed by atoms with Crippen LogP contribution in [0.15, 0.2) is 18.3 Å². The maximum atomic E-state index is 12.5. The molecule has 2 heterocycles. The van der Waals surface area contributed by atoms with E-state index < -0.39 is 0 Å². The fourth-order valence-corrected chi connectivity index (χ4v) is 4.30. The van der Waals surface area contributed by atoms with Gasteiger partial charge < -0.3 is 15.0 Å². The first-order valence-corrected chi connectivity index (χ1v) is 9.05. The number of fused-ring (bicyclic) bond motifs is 1. The number of nitrogens with one attached hydrogen (secondary N) is 1. The van der Waals surface area contributed by atoms with E-state index in [1.54, 1.807) is 19.4 Å². The Morgan fingerprint density at radius 1 is 1.44 bits per heavy atom. The zero-order valence-electron chi connectivity index (χ0n) is 15.1. The number of likely N-dealkylation sites (tertiary alicyclic amines) is 1. The molecule has 0 spiro atoms. The van der Waals surface area contributed by atoms with Crippen LogP contribution in [0.3, 0.4) is 0 Å². The molecule has 1 aromatic heterocycles. The molecule has 25 heavy (non-hydrogen) atoms. The number of piperidine rings is 1. The number of nitrogens with zero attached hydrogens (tertiary/aromatic N) is 2. The van der Waals surface area contributed by atoms with Crippen molar-refractivity contribution in [3.8, 4) is 0 Å². The van der Waals surface area contributed by atoms with E-state index in [1.165, 1.54) is 0 Å². The van der Waals surface area contributed by atoms with Gasteiger partial charge in [0.15, 0.2) is 0 Å². The van der Waals surface area contributed by atoms with Crippen molar-refractivity contribution in [3.63, 3.8) is 0 Å². The van der Waals surface area contributed by atoms with Crippen LogP contribution in [-0.2, 0) is 9.53 Å². The third kappa shape index (κ3) is 3.68. The van der Waals surface area contributed by atoms with Gasteiger partial charge in [0.25, 0.3) is 5.91 Å². The van der Waals surface area contributed by atoms with Crippen LogP contribution in [0.5, 0.6) is 0 Å². The van der Waals surface area contributed by atoms with Gasteiger partial charge in [-0.1, -0.05) is 6.42 Å². The highest BCUT2D eigenvalue weighted by molar-refractivity contribution is 5.93. The van der Waals surface area contributed by atoms with Gasteiger partial charge in [-0.15, -0.1) is 0 Å². The Labute approximate surface area is 148 Å². The normalized spacial score (nSPS) is 25.8. The molecule has 136 valence electrons. The van der Waals surface area contributed by atoms with Crippen LogP contribution >= 0.6 is 0 Å². The van der Waals surface area contributed by atoms with Gasteiger partial charge in [0.05, 0.1) is 12.2 Å². The minimum absolute atomic E-state index is 0.00453. The molecular weight excluding hydrogens is 318 g/mol. The number of hydrogen-bond donors (Lipinski definition) is 1. The fraction of sp³-hybridized carbons (Fsp3) is 0.632. The number of rotatable bonds is 6. The third-order valence-electron chi connectivity index (χ3n) is 5.70.